The second kappa shape index (κ2) is 2.98. The molecule has 14 heavy (non-hydrogen) atoms. The summed E-state index contributed by atoms with van der Waals surface area (Å²) in [6.07, 6.45) is 0. The second-order valence-electron chi connectivity index (χ2n) is 4.82. The molecule has 1 aliphatic rings. The van der Waals surface area contributed by atoms with Gasteiger partial charge >= 0.3 is 0 Å². The fourth-order valence-electron chi connectivity index (χ4n) is 2.40. The van der Waals surface area contributed by atoms with Crippen LogP contribution in [0.4, 0.5) is 5.69 Å². The summed E-state index contributed by atoms with van der Waals surface area (Å²) in [5, 5.41) is 0.846. The van der Waals surface area contributed by atoms with Gasteiger partial charge in [0.05, 0.1) is 13.1 Å². The maximum Gasteiger partial charge on any atom is 0.135 e. The summed E-state index contributed by atoms with van der Waals surface area (Å²) in [4.78, 5) is 1.49. The van der Waals surface area contributed by atoms with Gasteiger partial charge in [-0.25, -0.2) is 0 Å². The van der Waals surface area contributed by atoms with Crippen LogP contribution in [-0.2, 0) is 5.41 Å². The molecule has 2 unspecified atom stereocenters. The van der Waals surface area contributed by atoms with Crippen LogP contribution in [0.2, 0.25) is 5.02 Å². The van der Waals surface area contributed by atoms with Gasteiger partial charge in [0, 0.05) is 22.1 Å². The number of hydrogen-bond donors (Lipinski definition) is 1. The summed E-state index contributed by atoms with van der Waals surface area (Å²) in [7, 11) is 2.23. The minimum absolute atomic E-state index is 0.227. The van der Waals surface area contributed by atoms with Crippen molar-refractivity contribution in [2.45, 2.75) is 32.2 Å². The van der Waals surface area contributed by atoms with E-state index in [1.807, 2.05) is 6.07 Å². The topological polar surface area (TPSA) is 4.44 Å². The van der Waals surface area contributed by atoms with E-state index in [1.54, 1.807) is 0 Å². The first-order valence-electron chi connectivity index (χ1n) is 5.08. The maximum absolute atomic E-state index is 6.04. The number of rotatable bonds is 0. The van der Waals surface area contributed by atoms with E-state index in [0.29, 0.717) is 6.04 Å². The first-order valence-corrected chi connectivity index (χ1v) is 5.46. The molecule has 76 valence electrons. The third-order valence-electron chi connectivity index (χ3n) is 3.83. The third-order valence-corrected chi connectivity index (χ3v) is 4.07. The molecular formula is C12H17ClN+. The highest BCUT2D eigenvalue weighted by Gasteiger charge is 2.44. The van der Waals surface area contributed by atoms with Crippen LogP contribution in [0.25, 0.3) is 0 Å². The Labute approximate surface area is 90.7 Å². The van der Waals surface area contributed by atoms with Crippen molar-refractivity contribution in [1.29, 1.82) is 0 Å². The Balaban J connectivity index is 2.63. The lowest BCUT2D eigenvalue weighted by Crippen LogP contribution is -3.07. The highest BCUT2D eigenvalue weighted by Crippen LogP contribution is 2.36. The lowest BCUT2D eigenvalue weighted by molar-refractivity contribution is -0.834. The summed E-state index contributed by atoms with van der Waals surface area (Å²) in [5.41, 5.74) is 3.02. The minimum Gasteiger partial charge on any atom is -0.302 e. The number of halogens is 1. The van der Waals surface area contributed by atoms with Gasteiger partial charge in [-0.2, -0.15) is 0 Å². The van der Waals surface area contributed by atoms with Crippen LogP contribution in [0.1, 0.15) is 26.3 Å². The standard InChI is InChI=1S/C12H16ClN/c1-8-12(2,3)10-7-9(13)5-6-11(10)14(8)4/h5-8H,1-4H3/p+1. The maximum atomic E-state index is 6.04. The largest absolute Gasteiger partial charge is 0.302 e. The molecule has 0 spiro atoms. The zero-order chi connectivity index (χ0) is 10.5. The molecule has 0 aliphatic carbocycles. The van der Waals surface area contributed by atoms with Crippen LogP contribution in [0, 0.1) is 0 Å². The van der Waals surface area contributed by atoms with Gasteiger partial charge in [-0.3, -0.25) is 0 Å². The normalized spacial score (nSPS) is 28.9. The number of likely N-dealkylation sites (N-methyl/N-ethyl adjacent to an activating group) is 1. The quantitative estimate of drug-likeness (QED) is 0.670. The van der Waals surface area contributed by atoms with Gasteiger partial charge in [-0.05, 0) is 32.9 Å². The van der Waals surface area contributed by atoms with Crippen LogP contribution < -0.4 is 4.90 Å². The van der Waals surface area contributed by atoms with E-state index < -0.39 is 0 Å². The van der Waals surface area contributed by atoms with Gasteiger partial charge in [0.1, 0.15) is 5.69 Å². The Morgan fingerprint density at radius 3 is 2.64 bits per heavy atom. The predicted octanol–water partition coefficient (Wildman–Crippen LogP) is 2.17. The highest BCUT2D eigenvalue weighted by atomic mass is 35.5. The van der Waals surface area contributed by atoms with Crippen molar-refractivity contribution in [2.75, 3.05) is 7.05 Å². The van der Waals surface area contributed by atoms with Gasteiger partial charge in [-0.1, -0.05) is 11.6 Å². The molecule has 1 aromatic rings. The molecule has 0 saturated carbocycles. The Bertz CT molecular complexity index is 371. The van der Waals surface area contributed by atoms with Gasteiger partial charge in [0.15, 0.2) is 0 Å². The minimum atomic E-state index is 0.227. The van der Waals surface area contributed by atoms with Crippen LogP contribution >= 0.6 is 11.6 Å². The van der Waals surface area contributed by atoms with E-state index in [4.69, 9.17) is 11.6 Å². The molecule has 0 bridgehead atoms. The third kappa shape index (κ3) is 1.19. The van der Waals surface area contributed by atoms with Crippen molar-refractivity contribution in [3.8, 4) is 0 Å². The number of nitrogens with one attached hydrogen (secondary N) is 1. The molecule has 0 amide bonds. The Morgan fingerprint density at radius 2 is 2.00 bits per heavy atom. The fraction of sp³-hybridized carbons (Fsp3) is 0.500. The molecule has 0 fully saturated rings. The summed E-state index contributed by atoms with van der Waals surface area (Å²) >= 11 is 6.04. The average molecular weight is 211 g/mol. The lowest BCUT2D eigenvalue weighted by atomic mass is 9.81. The Hall–Kier alpha value is -0.530. The molecule has 1 nitrogen and oxygen atoms in total. The smallest absolute Gasteiger partial charge is 0.135 e. The van der Waals surface area contributed by atoms with E-state index in [9.17, 15) is 0 Å². The number of hydrogen-bond acceptors (Lipinski definition) is 0. The molecule has 0 radical (unpaired) electrons. The van der Waals surface area contributed by atoms with Crippen molar-refractivity contribution in [3.05, 3.63) is 28.8 Å². The molecule has 1 aromatic carbocycles. The molecule has 2 heteroatoms. The summed E-state index contributed by atoms with van der Waals surface area (Å²) < 4.78 is 0. The molecule has 2 atom stereocenters. The SMILES string of the molecule is CC1[NH+](C)c2ccc(Cl)cc2C1(C)C. The van der Waals surface area contributed by atoms with E-state index in [1.165, 1.54) is 16.2 Å². The molecule has 1 aliphatic heterocycles. The Morgan fingerprint density at radius 1 is 1.36 bits per heavy atom. The van der Waals surface area contributed by atoms with Gasteiger partial charge in [0.2, 0.25) is 0 Å². The van der Waals surface area contributed by atoms with E-state index in [-0.39, 0.29) is 5.41 Å². The molecule has 1 N–H and O–H groups in total. The van der Waals surface area contributed by atoms with Crippen molar-refractivity contribution in [2.24, 2.45) is 0 Å². The van der Waals surface area contributed by atoms with Gasteiger partial charge in [-0.15, -0.1) is 0 Å². The Kier molecular flexibility index (Phi) is 2.13. The van der Waals surface area contributed by atoms with Crippen LogP contribution in [-0.4, -0.2) is 13.1 Å². The monoisotopic (exact) mass is 210 g/mol. The summed E-state index contributed by atoms with van der Waals surface area (Å²) in [6.45, 7) is 6.88. The van der Waals surface area contributed by atoms with Crippen molar-refractivity contribution in [1.82, 2.24) is 0 Å². The molecule has 2 rings (SSSR count). The fourth-order valence-corrected chi connectivity index (χ4v) is 2.57. The van der Waals surface area contributed by atoms with Gasteiger partial charge in [0.25, 0.3) is 0 Å². The van der Waals surface area contributed by atoms with Crippen LogP contribution in [0.5, 0.6) is 0 Å². The summed E-state index contributed by atoms with van der Waals surface area (Å²) in [6, 6.07) is 6.86. The number of benzene rings is 1. The molecule has 0 saturated heterocycles. The molecule has 1 heterocycles. The van der Waals surface area contributed by atoms with E-state index in [0.717, 1.165) is 5.02 Å². The average Bonchev–Trinajstić information content (AvgIpc) is 2.29. The van der Waals surface area contributed by atoms with Gasteiger partial charge < -0.3 is 4.90 Å². The number of quaternary nitrogens is 1. The first kappa shape index (κ1) is 10.0. The molecular weight excluding hydrogens is 194 g/mol. The van der Waals surface area contributed by atoms with E-state index >= 15 is 0 Å². The second-order valence-corrected chi connectivity index (χ2v) is 5.25. The van der Waals surface area contributed by atoms with Crippen LogP contribution in [0.15, 0.2) is 18.2 Å². The lowest BCUT2D eigenvalue weighted by Gasteiger charge is -2.23. The first-order chi connectivity index (χ1) is 6.44. The van der Waals surface area contributed by atoms with Crippen LogP contribution in [0.3, 0.4) is 0 Å². The van der Waals surface area contributed by atoms with Crippen molar-refractivity contribution in [3.63, 3.8) is 0 Å². The predicted molar refractivity (Wildman–Crippen MR) is 60.5 cm³/mol. The van der Waals surface area contributed by atoms with Crippen molar-refractivity contribution < 1.29 is 4.90 Å². The molecule has 0 aromatic heterocycles. The van der Waals surface area contributed by atoms with Crippen molar-refractivity contribution >= 4 is 17.3 Å². The summed E-state index contributed by atoms with van der Waals surface area (Å²) in [5.74, 6) is 0. The zero-order valence-corrected chi connectivity index (χ0v) is 9.94. The zero-order valence-electron chi connectivity index (χ0n) is 9.19. The highest BCUT2D eigenvalue weighted by molar-refractivity contribution is 6.30. The van der Waals surface area contributed by atoms with E-state index in [2.05, 4.69) is 40.0 Å². The number of fused-ring (bicyclic) bond motifs is 1.